The number of para-hydroxylation sites is 1. The molecule has 0 saturated heterocycles. The van der Waals surface area contributed by atoms with Crippen LogP contribution >= 0.6 is 12.6 Å². The van der Waals surface area contributed by atoms with Gasteiger partial charge in [-0.15, -0.1) is 0 Å². The Morgan fingerprint density at radius 1 is 1.05 bits per heavy atom. The van der Waals surface area contributed by atoms with Crippen LogP contribution in [-0.4, -0.2) is 60.9 Å². The smallest absolute Gasteiger partial charge is 0.129 e. The fraction of sp³-hybridized carbons (Fsp3) is 0.667. The van der Waals surface area contributed by atoms with Crippen molar-refractivity contribution in [2.24, 2.45) is 22.8 Å². The fourth-order valence-electron chi connectivity index (χ4n) is 4.83. The number of nitrogens with two attached hydrogens (primary N) is 1. The Labute approximate surface area is 257 Å². The summed E-state index contributed by atoms with van der Waals surface area (Å²) in [5.74, 6) is 7.63. The number of ether oxygens (including phenoxy) is 1. The summed E-state index contributed by atoms with van der Waals surface area (Å²) in [6.07, 6.45) is 12.8. The van der Waals surface area contributed by atoms with Gasteiger partial charge in [-0.25, -0.2) is 20.9 Å². The summed E-state index contributed by atoms with van der Waals surface area (Å²) >= 11 is 4.26. The van der Waals surface area contributed by atoms with E-state index in [9.17, 15) is 0 Å². The van der Waals surface area contributed by atoms with Gasteiger partial charge in [0.15, 0.2) is 0 Å². The predicted molar refractivity (Wildman–Crippen MR) is 182 cm³/mol. The Balaban J connectivity index is 0.000000636. The quantitative estimate of drug-likeness (QED) is 0.133. The molecule has 1 aromatic carbocycles. The molecular weight excluding hydrogens is 528 g/mol. The zero-order valence-electron chi connectivity index (χ0n) is 27.7. The number of hydrogen-bond acceptors (Lipinski definition) is 8. The standard InChI is InChI=1S/C19H31N.C8H12N2S.C4H10O.C2H7N3/c1-5-15-10-8-13-18(15)14-20(4)19-16(6-2)11-9-12-17(19)7-3;1-6-4-9-8(10-5-6)3-7(2)11;1-4(2)5-3;1-4-5(2)3/h9,11-12,15,18H,5-8,10,13-14H2,1-4H3;4-5,7,11H,3H2,1-2H3;4H,1-3H3;1,3H2,2H3. The van der Waals surface area contributed by atoms with Crippen LogP contribution in [0.3, 0.4) is 0 Å². The van der Waals surface area contributed by atoms with E-state index in [1.54, 1.807) is 14.2 Å². The highest BCUT2D eigenvalue weighted by atomic mass is 32.1. The summed E-state index contributed by atoms with van der Waals surface area (Å²) in [7, 11) is 5.61. The molecule has 7 nitrogen and oxygen atoms in total. The molecule has 0 aliphatic heterocycles. The first-order valence-corrected chi connectivity index (χ1v) is 15.7. The van der Waals surface area contributed by atoms with E-state index in [0.717, 1.165) is 47.6 Å². The Kier molecular flexibility index (Phi) is 21.3. The molecule has 1 heterocycles. The Morgan fingerprint density at radius 2 is 1.54 bits per heavy atom. The van der Waals surface area contributed by atoms with Gasteiger partial charge in [0.05, 0.1) is 6.10 Å². The van der Waals surface area contributed by atoms with Crippen LogP contribution in [0.5, 0.6) is 0 Å². The third-order valence-corrected chi connectivity index (χ3v) is 7.39. The van der Waals surface area contributed by atoms with E-state index in [0.29, 0.717) is 11.4 Å². The average molecular weight is 589 g/mol. The topological polar surface area (TPSA) is 79.9 Å². The van der Waals surface area contributed by atoms with Gasteiger partial charge in [-0.3, -0.25) is 0 Å². The number of rotatable bonds is 10. The summed E-state index contributed by atoms with van der Waals surface area (Å²) in [6.45, 7) is 19.3. The maximum atomic E-state index is 4.90. The molecule has 1 saturated carbocycles. The van der Waals surface area contributed by atoms with E-state index < -0.39 is 0 Å². The summed E-state index contributed by atoms with van der Waals surface area (Å²) < 4.78 is 4.75. The second kappa shape index (κ2) is 22.4. The van der Waals surface area contributed by atoms with E-state index in [4.69, 9.17) is 10.6 Å². The van der Waals surface area contributed by atoms with E-state index in [-0.39, 0.29) is 0 Å². The lowest BCUT2D eigenvalue weighted by molar-refractivity contribution is 0.134. The molecule has 1 aromatic heterocycles. The van der Waals surface area contributed by atoms with Crippen LogP contribution in [0.25, 0.3) is 0 Å². The molecule has 2 N–H and O–H groups in total. The number of hydrogen-bond donors (Lipinski definition) is 2. The number of benzene rings is 1. The number of aromatic nitrogens is 2. The molecule has 41 heavy (non-hydrogen) atoms. The number of aryl methyl sites for hydroxylation is 3. The Bertz CT molecular complexity index is 914. The van der Waals surface area contributed by atoms with Crippen molar-refractivity contribution in [3.8, 4) is 0 Å². The summed E-state index contributed by atoms with van der Waals surface area (Å²) in [4.78, 5) is 10.9. The molecule has 1 aliphatic rings. The maximum absolute atomic E-state index is 4.90. The minimum Gasteiger partial charge on any atom is -0.382 e. The molecule has 0 spiro atoms. The molecule has 1 aliphatic carbocycles. The minimum absolute atomic E-state index is 0.331. The van der Waals surface area contributed by atoms with Crippen LogP contribution in [0, 0.1) is 18.8 Å². The van der Waals surface area contributed by atoms with Crippen molar-refractivity contribution in [1.29, 1.82) is 0 Å². The molecule has 0 amide bonds. The fourth-order valence-corrected chi connectivity index (χ4v) is 4.99. The van der Waals surface area contributed by atoms with Gasteiger partial charge in [-0.2, -0.15) is 17.7 Å². The number of anilines is 1. The lowest BCUT2D eigenvalue weighted by Gasteiger charge is -2.30. The van der Waals surface area contributed by atoms with Crippen LogP contribution in [0.1, 0.15) is 89.7 Å². The Morgan fingerprint density at radius 3 is 1.93 bits per heavy atom. The second-order valence-electron chi connectivity index (χ2n) is 11.1. The lowest BCUT2D eigenvalue weighted by Crippen LogP contribution is -2.29. The first kappa shape index (κ1) is 38.8. The molecule has 2 aromatic rings. The SMILES string of the molecule is C=NN(C)N.CCc1cccc(CC)c1N(C)CC1CCCC1CC.COC(C)C.Cc1cnc(CC(C)S)nc1. The summed E-state index contributed by atoms with van der Waals surface area (Å²) in [5.41, 5.74) is 5.63. The van der Waals surface area contributed by atoms with Crippen molar-refractivity contribution in [1.82, 2.24) is 15.1 Å². The van der Waals surface area contributed by atoms with Gasteiger partial charge in [0.2, 0.25) is 0 Å². The Hall–Kier alpha value is -2.16. The zero-order valence-corrected chi connectivity index (χ0v) is 28.6. The first-order valence-electron chi connectivity index (χ1n) is 15.2. The second-order valence-corrected chi connectivity index (χ2v) is 12.0. The van der Waals surface area contributed by atoms with Gasteiger partial charge in [0.1, 0.15) is 5.82 Å². The monoisotopic (exact) mass is 588 g/mol. The summed E-state index contributed by atoms with van der Waals surface area (Å²) in [6, 6.07) is 6.83. The largest absolute Gasteiger partial charge is 0.382 e. The normalized spacial score (nSPS) is 16.3. The molecule has 0 bridgehead atoms. The molecule has 3 unspecified atom stereocenters. The predicted octanol–water partition coefficient (Wildman–Crippen LogP) is 7.17. The van der Waals surface area contributed by atoms with Gasteiger partial charge in [-0.1, -0.05) is 65.2 Å². The average Bonchev–Trinajstić information content (AvgIpc) is 3.41. The van der Waals surface area contributed by atoms with Gasteiger partial charge in [0.25, 0.3) is 0 Å². The highest BCUT2D eigenvalue weighted by Gasteiger charge is 2.27. The van der Waals surface area contributed by atoms with E-state index in [1.165, 1.54) is 49.0 Å². The number of thiol groups is 1. The van der Waals surface area contributed by atoms with Crippen molar-refractivity contribution in [3.05, 3.63) is 53.1 Å². The molecular formula is C33H60N6OS. The number of hydrazone groups is 1. The van der Waals surface area contributed by atoms with Crippen molar-refractivity contribution in [2.75, 3.05) is 32.6 Å². The van der Waals surface area contributed by atoms with Crippen molar-refractivity contribution < 1.29 is 4.74 Å². The summed E-state index contributed by atoms with van der Waals surface area (Å²) in [5, 5.41) is 4.72. The van der Waals surface area contributed by atoms with Gasteiger partial charge < -0.3 is 9.64 Å². The molecule has 3 rings (SSSR count). The van der Waals surface area contributed by atoms with Crippen molar-refractivity contribution in [2.45, 2.75) is 105 Å². The molecule has 0 radical (unpaired) electrons. The van der Waals surface area contributed by atoms with E-state index in [2.05, 4.69) is 85.3 Å². The van der Waals surface area contributed by atoms with Gasteiger partial charge in [-0.05, 0) is 68.6 Å². The third kappa shape index (κ3) is 16.8. The van der Waals surface area contributed by atoms with Crippen LogP contribution in [-0.2, 0) is 24.0 Å². The molecule has 1 fully saturated rings. The van der Waals surface area contributed by atoms with Gasteiger partial charge in [0, 0.05) is 64.2 Å². The van der Waals surface area contributed by atoms with E-state index >= 15 is 0 Å². The van der Waals surface area contributed by atoms with Crippen LogP contribution in [0.4, 0.5) is 5.69 Å². The van der Waals surface area contributed by atoms with Gasteiger partial charge >= 0.3 is 0 Å². The molecule has 8 heteroatoms. The van der Waals surface area contributed by atoms with Crippen molar-refractivity contribution in [3.63, 3.8) is 0 Å². The first-order chi connectivity index (χ1) is 19.4. The van der Waals surface area contributed by atoms with Crippen LogP contribution in [0.2, 0.25) is 0 Å². The maximum Gasteiger partial charge on any atom is 0.129 e. The number of hydrazine groups is 1. The number of methoxy groups -OCH3 is 1. The lowest BCUT2D eigenvalue weighted by atomic mass is 9.92. The van der Waals surface area contributed by atoms with Crippen LogP contribution < -0.4 is 10.7 Å². The number of nitrogens with zero attached hydrogens (tertiary/aromatic N) is 5. The minimum atomic E-state index is 0.331. The molecule has 234 valence electrons. The highest BCUT2D eigenvalue weighted by molar-refractivity contribution is 7.80. The third-order valence-electron chi connectivity index (χ3n) is 7.20. The molecule has 3 atom stereocenters. The zero-order chi connectivity index (χ0) is 31.4. The van der Waals surface area contributed by atoms with E-state index in [1.807, 2.05) is 40.1 Å². The van der Waals surface area contributed by atoms with Crippen LogP contribution in [0.15, 0.2) is 35.7 Å². The van der Waals surface area contributed by atoms with Crippen molar-refractivity contribution >= 4 is 25.0 Å². The highest BCUT2D eigenvalue weighted by Crippen LogP contribution is 2.36.